The van der Waals surface area contributed by atoms with Crippen molar-refractivity contribution in [2.24, 2.45) is 0 Å². The average Bonchev–Trinajstić information content (AvgIpc) is 2.29. The van der Waals surface area contributed by atoms with E-state index < -0.39 is 0 Å². The first-order valence-corrected chi connectivity index (χ1v) is 5.69. The van der Waals surface area contributed by atoms with Crippen molar-refractivity contribution in [3.63, 3.8) is 0 Å². The predicted molar refractivity (Wildman–Crippen MR) is 65.2 cm³/mol. The molecular weight excluding hydrogens is 184 g/mol. The van der Waals surface area contributed by atoms with Crippen molar-refractivity contribution in [2.45, 2.75) is 6.92 Å². The van der Waals surface area contributed by atoms with Gasteiger partial charge >= 0.3 is 0 Å². The van der Waals surface area contributed by atoms with Crippen LogP contribution in [-0.2, 0) is 0 Å². The minimum absolute atomic E-state index is 1.10. The third-order valence-corrected chi connectivity index (χ3v) is 3.10. The number of benzene rings is 1. The average molecular weight is 203 g/mol. The Morgan fingerprint density at radius 2 is 1.93 bits per heavy atom. The Labute approximate surface area is 92.5 Å². The molecule has 1 aliphatic rings. The molecular formula is C13H19N2. The largest absolute Gasteiger partial charge is 0.369 e. The Hall–Kier alpha value is -1.02. The molecule has 1 aromatic rings. The van der Waals surface area contributed by atoms with E-state index in [1.165, 1.54) is 25.3 Å². The molecule has 0 aromatic heterocycles. The lowest BCUT2D eigenvalue weighted by Crippen LogP contribution is -2.46. The molecule has 0 spiro atoms. The smallest absolute Gasteiger partial charge is 0.0369 e. The van der Waals surface area contributed by atoms with Gasteiger partial charge in [0.15, 0.2) is 0 Å². The van der Waals surface area contributed by atoms with Crippen molar-refractivity contribution in [2.75, 3.05) is 37.6 Å². The van der Waals surface area contributed by atoms with Gasteiger partial charge in [0.2, 0.25) is 0 Å². The molecule has 0 saturated carbocycles. The predicted octanol–water partition coefficient (Wildman–Crippen LogP) is 2.01. The highest BCUT2D eigenvalue weighted by Crippen LogP contribution is 2.17. The second-order valence-corrected chi connectivity index (χ2v) is 4.09. The van der Waals surface area contributed by atoms with Crippen molar-refractivity contribution in [1.82, 2.24) is 4.90 Å². The molecule has 0 N–H and O–H groups in total. The Balaban J connectivity index is 2.01. The van der Waals surface area contributed by atoms with Gasteiger partial charge in [0, 0.05) is 31.9 Å². The summed E-state index contributed by atoms with van der Waals surface area (Å²) < 4.78 is 0. The van der Waals surface area contributed by atoms with Crippen molar-refractivity contribution in [3.8, 4) is 0 Å². The van der Waals surface area contributed by atoms with Crippen LogP contribution in [0.2, 0.25) is 0 Å². The second-order valence-electron chi connectivity index (χ2n) is 4.09. The first kappa shape index (κ1) is 10.5. The normalized spacial score (nSPS) is 18.1. The number of likely N-dealkylation sites (N-methyl/N-ethyl adjacent to an activating group) is 1. The molecule has 1 radical (unpaired) electrons. The van der Waals surface area contributed by atoms with Crippen LogP contribution < -0.4 is 4.90 Å². The van der Waals surface area contributed by atoms with Crippen LogP contribution in [0, 0.1) is 6.92 Å². The van der Waals surface area contributed by atoms with E-state index in [9.17, 15) is 0 Å². The van der Waals surface area contributed by atoms with Gasteiger partial charge in [0.25, 0.3) is 0 Å². The lowest BCUT2D eigenvalue weighted by atomic mass is 10.2. The molecule has 1 aliphatic heterocycles. The van der Waals surface area contributed by atoms with Crippen LogP contribution in [0.25, 0.3) is 0 Å². The topological polar surface area (TPSA) is 6.48 Å². The minimum Gasteiger partial charge on any atom is -0.369 e. The number of nitrogens with zero attached hydrogens (tertiary/aromatic N) is 2. The van der Waals surface area contributed by atoms with E-state index in [0.29, 0.717) is 0 Å². The standard InChI is InChI=1S/C13H19N2/c1-3-14-7-9-15(10-8-14)13-6-4-5-12(2)11-13/h4-6,11H,2-3,7-10H2,1H3. The Bertz CT molecular complexity index is 314. The van der Waals surface area contributed by atoms with Gasteiger partial charge in [-0.1, -0.05) is 19.1 Å². The van der Waals surface area contributed by atoms with E-state index in [-0.39, 0.29) is 0 Å². The van der Waals surface area contributed by atoms with Crippen molar-refractivity contribution in [1.29, 1.82) is 0 Å². The number of rotatable bonds is 2. The molecule has 2 nitrogen and oxygen atoms in total. The first-order chi connectivity index (χ1) is 7.29. The summed E-state index contributed by atoms with van der Waals surface area (Å²) >= 11 is 0. The van der Waals surface area contributed by atoms with E-state index >= 15 is 0 Å². The molecule has 15 heavy (non-hydrogen) atoms. The van der Waals surface area contributed by atoms with Crippen molar-refractivity contribution < 1.29 is 0 Å². The SMILES string of the molecule is [CH2]c1cccc(N2CCN(CC)CC2)c1. The molecule has 0 amide bonds. The summed E-state index contributed by atoms with van der Waals surface area (Å²) in [6.07, 6.45) is 0. The molecule has 1 saturated heterocycles. The van der Waals surface area contributed by atoms with Crippen LogP contribution in [0.3, 0.4) is 0 Å². The van der Waals surface area contributed by atoms with Crippen LogP contribution in [0.1, 0.15) is 12.5 Å². The molecule has 0 unspecified atom stereocenters. The lowest BCUT2D eigenvalue weighted by Gasteiger charge is -2.35. The van der Waals surface area contributed by atoms with Crippen LogP contribution in [0.15, 0.2) is 24.3 Å². The van der Waals surface area contributed by atoms with Gasteiger partial charge in [-0.05, 0) is 31.2 Å². The van der Waals surface area contributed by atoms with Gasteiger partial charge in [-0.25, -0.2) is 0 Å². The van der Waals surface area contributed by atoms with Gasteiger partial charge in [0.05, 0.1) is 0 Å². The molecule has 0 aliphatic carbocycles. The maximum absolute atomic E-state index is 3.97. The molecule has 1 heterocycles. The van der Waals surface area contributed by atoms with Gasteiger partial charge in [-0.2, -0.15) is 0 Å². The van der Waals surface area contributed by atoms with E-state index in [1.807, 2.05) is 6.07 Å². The maximum Gasteiger partial charge on any atom is 0.0369 e. The third kappa shape index (κ3) is 2.51. The zero-order valence-corrected chi connectivity index (χ0v) is 9.45. The Morgan fingerprint density at radius 1 is 1.20 bits per heavy atom. The summed E-state index contributed by atoms with van der Waals surface area (Å²) in [6, 6.07) is 8.48. The number of anilines is 1. The minimum atomic E-state index is 1.10. The van der Waals surface area contributed by atoms with Crippen LogP contribution >= 0.6 is 0 Å². The monoisotopic (exact) mass is 203 g/mol. The van der Waals surface area contributed by atoms with Crippen molar-refractivity contribution >= 4 is 5.69 Å². The molecule has 2 heteroatoms. The van der Waals surface area contributed by atoms with Gasteiger partial charge in [-0.15, -0.1) is 0 Å². The van der Waals surface area contributed by atoms with Crippen LogP contribution in [-0.4, -0.2) is 37.6 Å². The summed E-state index contributed by atoms with van der Waals surface area (Å²) in [7, 11) is 0. The molecule has 1 aromatic carbocycles. The Morgan fingerprint density at radius 3 is 2.53 bits per heavy atom. The summed E-state index contributed by atoms with van der Waals surface area (Å²) in [4.78, 5) is 4.94. The molecule has 0 bridgehead atoms. The van der Waals surface area contributed by atoms with Crippen molar-refractivity contribution in [3.05, 3.63) is 36.8 Å². The zero-order chi connectivity index (χ0) is 10.7. The highest BCUT2D eigenvalue weighted by atomic mass is 15.3. The molecule has 81 valence electrons. The van der Waals surface area contributed by atoms with Gasteiger partial charge in [-0.3, -0.25) is 0 Å². The Kier molecular flexibility index (Phi) is 3.27. The maximum atomic E-state index is 3.97. The van der Waals surface area contributed by atoms with E-state index in [4.69, 9.17) is 0 Å². The van der Waals surface area contributed by atoms with E-state index in [0.717, 1.165) is 18.7 Å². The first-order valence-electron chi connectivity index (χ1n) is 5.69. The third-order valence-electron chi connectivity index (χ3n) is 3.10. The highest BCUT2D eigenvalue weighted by molar-refractivity contribution is 5.49. The van der Waals surface area contributed by atoms with Crippen LogP contribution in [0.4, 0.5) is 5.69 Å². The quantitative estimate of drug-likeness (QED) is 0.725. The number of piperazine rings is 1. The van der Waals surface area contributed by atoms with Gasteiger partial charge in [0.1, 0.15) is 0 Å². The molecule has 0 atom stereocenters. The van der Waals surface area contributed by atoms with Crippen LogP contribution in [0.5, 0.6) is 0 Å². The summed E-state index contributed by atoms with van der Waals surface area (Å²) in [5.74, 6) is 0. The van der Waals surface area contributed by atoms with Gasteiger partial charge < -0.3 is 9.80 Å². The lowest BCUT2D eigenvalue weighted by molar-refractivity contribution is 0.271. The summed E-state index contributed by atoms with van der Waals surface area (Å²) in [5, 5.41) is 0. The van der Waals surface area contributed by atoms with E-state index in [1.54, 1.807) is 0 Å². The molecule has 2 rings (SSSR count). The summed E-state index contributed by atoms with van der Waals surface area (Å²) in [6.45, 7) is 12.0. The molecule has 1 fully saturated rings. The zero-order valence-electron chi connectivity index (χ0n) is 9.45. The number of hydrogen-bond acceptors (Lipinski definition) is 2. The highest BCUT2D eigenvalue weighted by Gasteiger charge is 2.15. The number of hydrogen-bond donors (Lipinski definition) is 0. The van der Waals surface area contributed by atoms with E-state index in [2.05, 4.69) is 41.8 Å². The second kappa shape index (κ2) is 4.67. The fourth-order valence-electron chi connectivity index (χ4n) is 2.08. The summed E-state index contributed by atoms with van der Waals surface area (Å²) in [5.41, 5.74) is 2.42. The fraction of sp³-hybridized carbons (Fsp3) is 0.462. The fourth-order valence-corrected chi connectivity index (χ4v) is 2.08.